The molecule has 1 atom stereocenters. The Morgan fingerprint density at radius 2 is 2.00 bits per heavy atom. The monoisotopic (exact) mass is 511 g/mol. The molecule has 1 amide bonds. The van der Waals surface area contributed by atoms with Gasteiger partial charge in [0.05, 0.1) is 19.0 Å². The van der Waals surface area contributed by atoms with Gasteiger partial charge < -0.3 is 19.8 Å². The van der Waals surface area contributed by atoms with Crippen LogP contribution in [0.15, 0.2) is 40.9 Å². The minimum absolute atomic E-state index is 0.0849. The molecular formula is C26H27F2N5O4. The molecule has 2 heterocycles. The molecule has 0 radical (unpaired) electrons. The predicted octanol–water partition coefficient (Wildman–Crippen LogP) is 5.30. The average Bonchev–Trinajstić information content (AvgIpc) is 3.32. The standard InChI is InChI=1S/C26H27F2N5O4/c1-36-22(34)11-17-12-26(17)8-6-15(7-9-26)20-5-3-19(14-29-20)30-23(35)24-32-33-25(37-24)31-21-4-2-18(28)10-16(21)13-27/h2-5,10,14-15,17H,6-9,11-13H2,1H3,(H,30,35)(H,31,33). The average molecular weight is 512 g/mol. The topological polar surface area (TPSA) is 119 Å². The fraction of sp³-hybridized carbons (Fsp3) is 0.423. The molecule has 37 heavy (non-hydrogen) atoms. The maximum absolute atomic E-state index is 13.3. The molecule has 2 aliphatic carbocycles. The first-order chi connectivity index (χ1) is 17.9. The third-order valence-corrected chi connectivity index (χ3v) is 7.52. The minimum Gasteiger partial charge on any atom is -0.469 e. The first kappa shape index (κ1) is 24.8. The summed E-state index contributed by atoms with van der Waals surface area (Å²) in [5.74, 6) is -0.824. The number of halogens is 2. The summed E-state index contributed by atoms with van der Waals surface area (Å²) in [5.41, 5.74) is 2.09. The zero-order valence-electron chi connectivity index (χ0n) is 20.3. The van der Waals surface area contributed by atoms with Crippen molar-refractivity contribution in [1.29, 1.82) is 0 Å². The number of nitrogens with zero attached hydrogens (tertiary/aromatic N) is 3. The van der Waals surface area contributed by atoms with Crippen LogP contribution in [0.4, 0.5) is 26.2 Å². The van der Waals surface area contributed by atoms with Gasteiger partial charge in [0, 0.05) is 29.3 Å². The second kappa shape index (κ2) is 10.2. The van der Waals surface area contributed by atoms with Crippen LogP contribution >= 0.6 is 0 Å². The molecule has 2 N–H and O–H groups in total. The molecule has 1 aromatic carbocycles. The van der Waals surface area contributed by atoms with E-state index in [0.29, 0.717) is 29.4 Å². The Bertz CT molecular complexity index is 1290. The Balaban J connectivity index is 1.14. The molecule has 5 rings (SSSR count). The number of carbonyl (C=O) groups is 2. The fourth-order valence-electron chi connectivity index (χ4n) is 5.29. The summed E-state index contributed by atoms with van der Waals surface area (Å²) in [6.07, 6.45) is 7.40. The molecule has 9 nitrogen and oxygen atoms in total. The number of alkyl halides is 1. The Morgan fingerprint density at radius 1 is 1.19 bits per heavy atom. The number of aromatic nitrogens is 3. The summed E-state index contributed by atoms with van der Waals surface area (Å²) in [7, 11) is 1.43. The normalized spacial score (nSPS) is 22.5. The van der Waals surface area contributed by atoms with Crippen molar-refractivity contribution in [3.63, 3.8) is 0 Å². The predicted molar refractivity (Wildman–Crippen MR) is 129 cm³/mol. The van der Waals surface area contributed by atoms with Gasteiger partial charge in [-0.05, 0) is 73.8 Å². The Labute approximate surface area is 212 Å². The molecule has 1 unspecified atom stereocenters. The summed E-state index contributed by atoms with van der Waals surface area (Å²) in [5, 5.41) is 12.8. The van der Waals surface area contributed by atoms with Crippen LogP contribution in [0.5, 0.6) is 0 Å². The van der Waals surface area contributed by atoms with E-state index in [0.717, 1.165) is 43.9 Å². The lowest BCUT2D eigenvalue weighted by Crippen LogP contribution is -2.18. The van der Waals surface area contributed by atoms with Gasteiger partial charge in [0.15, 0.2) is 0 Å². The number of ether oxygens (including phenoxy) is 1. The number of anilines is 3. The van der Waals surface area contributed by atoms with Crippen LogP contribution < -0.4 is 10.6 Å². The van der Waals surface area contributed by atoms with Crippen LogP contribution in [0.3, 0.4) is 0 Å². The highest BCUT2D eigenvalue weighted by atomic mass is 19.1. The highest BCUT2D eigenvalue weighted by molar-refractivity contribution is 6.00. The quantitative estimate of drug-likeness (QED) is 0.391. The molecule has 1 spiro atoms. The zero-order chi connectivity index (χ0) is 26.0. The van der Waals surface area contributed by atoms with Gasteiger partial charge >= 0.3 is 23.8 Å². The van der Waals surface area contributed by atoms with Crippen LogP contribution in [0.2, 0.25) is 0 Å². The van der Waals surface area contributed by atoms with E-state index in [1.807, 2.05) is 6.07 Å². The van der Waals surface area contributed by atoms with Crippen LogP contribution in [0.1, 0.15) is 66.4 Å². The van der Waals surface area contributed by atoms with Gasteiger partial charge in [-0.25, -0.2) is 8.78 Å². The van der Waals surface area contributed by atoms with Gasteiger partial charge in [-0.3, -0.25) is 14.6 Å². The Morgan fingerprint density at radius 3 is 2.70 bits per heavy atom. The number of amides is 1. The van der Waals surface area contributed by atoms with Crippen LogP contribution in [-0.4, -0.2) is 34.2 Å². The third kappa shape index (κ3) is 5.45. The SMILES string of the molecule is COC(=O)CC1CC12CCC(c1ccc(NC(=O)c3nnc(Nc4ccc(F)cc4CF)o3)cn1)CC2. The first-order valence-electron chi connectivity index (χ1n) is 12.2. The summed E-state index contributed by atoms with van der Waals surface area (Å²) < 4.78 is 36.6. The van der Waals surface area contributed by atoms with Crippen LogP contribution in [0, 0.1) is 17.2 Å². The number of pyridine rings is 1. The van der Waals surface area contributed by atoms with Gasteiger partial charge in [0.2, 0.25) is 0 Å². The molecule has 3 aromatic rings. The largest absolute Gasteiger partial charge is 0.469 e. The lowest BCUT2D eigenvalue weighted by molar-refractivity contribution is -0.141. The molecule has 2 saturated carbocycles. The fourth-order valence-corrected chi connectivity index (χ4v) is 5.29. The molecule has 0 bridgehead atoms. The lowest BCUT2D eigenvalue weighted by atomic mass is 9.77. The molecule has 2 aliphatic rings. The van der Waals surface area contributed by atoms with Crippen molar-refractivity contribution in [2.75, 3.05) is 17.7 Å². The second-order valence-electron chi connectivity index (χ2n) is 9.72. The molecule has 11 heteroatoms. The van der Waals surface area contributed by atoms with Crippen molar-refractivity contribution in [2.24, 2.45) is 11.3 Å². The van der Waals surface area contributed by atoms with Gasteiger partial charge in [0.1, 0.15) is 12.5 Å². The van der Waals surface area contributed by atoms with E-state index in [2.05, 4.69) is 25.8 Å². The van der Waals surface area contributed by atoms with E-state index in [-0.39, 0.29) is 29.1 Å². The number of nitrogens with one attached hydrogen (secondary N) is 2. The van der Waals surface area contributed by atoms with Gasteiger partial charge in [-0.1, -0.05) is 5.10 Å². The number of carbonyl (C=O) groups excluding carboxylic acids is 2. The summed E-state index contributed by atoms with van der Waals surface area (Å²) in [6, 6.07) is 7.14. The van der Waals surface area contributed by atoms with E-state index in [9.17, 15) is 18.4 Å². The van der Waals surface area contributed by atoms with Crippen molar-refractivity contribution in [1.82, 2.24) is 15.2 Å². The Kier molecular flexibility index (Phi) is 6.86. The zero-order valence-corrected chi connectivity index (χ0v) is 20.3. The molecule has 2 fully saturated rings. The van der Waals surface area contributed by atoms with Crippen molar-refractivity contribution in [3.8, 4) is 0 Å². The summed E-state index contributed by atoms with van der Waals surface area (Å²) in [4.78, 5) is 28.7. The van der Waals surface area contributed by atoms with E-state index < -0.39 is 18.4 Å². The highest BCUT2D eigenvalue weighted by Crippen LogP contribution is 2.64. The van der Waals surface area contributed by atoms with E-state index in [4.69, 9.17) is 9.15 Å². The number of hydrogen-bond acceptors (Lipinski definition) is 8. The summed E-state index contributed by atoms with van der Waals surface area (Å²) >= 11 is 0. The molecule has 0 saturated heterocycles. The number of esters is 1. The number of rotatable bonds is 8. The van der Waals surface area contributed by atoms with Gasteiger partial charge in [-0.15, -0.1) is 5.10 Å². The van der Waals surface area contributed by atoms with E-state index >= 15 is 0 Å². The maximum Gasteiger partial charge on any atom is 0.320 e. The number of hydrogen-bond donors (Lipinski definition) is 2. The van der Waals surface area contributed by atoms with Crippen molar-refractivity contribution in [3.05, 3.63) is 59.5 Å². The molecule has 2 aromatic heterocycles. The first-order valence-corrected chi connectivity index (χ1v) is 12.2. The molecule has 0 aliphatic heterocycles. The van der Waals surface area contributed by atoms with Crippen molar-refractivity contribution >= 4 is 29.3 Å². The molecular weight excluding hydrogens is 484 g/mol. The van der Waals surface area contributed by atoms with Crippen LogP contribution in [0.25, 0.3) is 0 Å². The highest BCUT2D eigenvalue weighted by Gasteiger charge is 2.55. The Hall–Kier alpha value is -3.89. The van der Waals surface area contributed by atoms with Crippen molar-refractivity contribution in [2.45, 2.75) is 51.1 Å². The third-order valence-electron chi connectivity index (χ3n) is 7.52. The smallest absolute Gasteiger partial charge is 0.320 e. The molecule has 194 valence electrons. The van der Waals surface area contributed by atoms with Crippen LogP contribution in [-0.2, 0) is 16.2 Å². The second-order valence-corrected chi connectivity index (χ2v) is 9.72. The number of benzene rings is 1. The minimum atomic E-state index is -0.887. The number of methoxy groups -OCH3 is 1. The van der Waals surface area contributed by atoms with E-state index in [1.165, 1.54) is 19.2 Å². The summed E-state index contributed by atoms with van der Waals surface area (Å²) in [6.45, 7) is -0.887. The van der Waals surface area contributed by atoms with Crippen molar-refractivity contribution < 1.29 is 27.5 Å². The van der Waals surface area contributed by atoms with Gasteiger partial charge in [-0.2, -0.15) is 0 Å². The van der Waals surface area contributed by atoms with E-state index in [1.54, 1.807) is 12.3 Å². The lowest BCUT2D eigenvalue weighted by Gasteiger charge is -2.29. The van der Waals surface area contributed by atoms with Gasteiger partial charge in [0.25, 0.3) is 0 Å². The maximum atomic E-state index is 13.3.